The van der Waals surface area contributed by atoms with Crippen LogP contribution in [0.4, 0.5) is 0 Å². The second-order valence-corrected chi connectivity index (χ2v) is 6.76. The molecule has 1 spiro atoms. The molecule has 2 fully saturated rings. The fraction of sp³-hybridized carbons (Fsp3) is 0.625. The van der Waals surface area contributed by atoms with Crippen LogP contribution in [0.3, 0.4) is 0 Å². The minimum absolute atomic E-state index is 0.0886. The normalized spacial score (nSPS) is 45.5. The molecule has 2 aliphatic heterocycles. The molecule has 1 unspecified atom stereocenters. The molecule has 2 aliphatic carbocycles. The van der Waals surface area contributed by atoms with Crippen molar-refractivity contribution >= 4 is 0 Å². The first-order chi connectivity index (χ1) is 9.26. The Labute approximate surface area is 113 Å². The first-order valence-electron chi connectivity index (χ1n) is 7.57. The van der Waals surface area contributed by atoms with Crippen molar-refractivity contribution in [2.24, 2.45) is 5.73 Å². The number of nitrogens with two attached hydrogens (primary N) is 1. The average Bonchev–Trinajstić information content (AvgIpc) is 2.71. The molecule has 3 heteroatoms. The maximum Gasteiger partial charge on any atom is 0.124 e. The van der Waals surface area contributed by atoms with Gasteiger partial charge in [-0.25, -0.2) is 0 Å². The second kappa shape index (κ2) is 3.15. The predicted molar refractivity (Wildman–Crippen MR) is 73.4 cm³/mol. The Morgan fingerprint density at radius 2 is 2.26 bits per heavy atom. The molecule has 1 aromatic carbocycles. The highest BCUT2D eigenvalue weighted by Gasteiger charge is 2.67. The van der Waals surface area contributed by atoms with E-state index in [1.165, 1.54) is 24.0 Å². The van der Waals surface area contributed by atoms with E-state index in [0.29, 0.717) is 12.1 Å². The Hall–Kier alpha value is -1.06. The SMILES string of the molecule is N[C@@]12CCCC3Oc4cccc5c4[C@@]31CCN[C@@H]2C5. The first kappa shape index (κ1) is 10.7. The summed E-state index contributed by atoms with van der Waals surface area (Å²) in [4.78, 5) is 0. The van der Waals surface area contributed by atoms with Gasteiger partial charge in [0.25, 0.3) is 0 Å². The van der Waals surface area contributed by atoms with E-state index in [4.69, 9.17) is 10.5 Å². The largest absolute Gasteiger partial charge is 0.489 e. The first-order valence-corrected chi connectivity index (χ1v) is 7.57. The molecule has 4 aliphatic rings. The van der Waals surface area contributed by atoms with Crippen LogP contribution in [0, 0.1) is 0 Å². The van der Waals surface area contributed by atoms with Crippen molar-refractivity contribution in [3.8, 4) is 5.75 Å². The lowest BCUT2D eigenvalue weighted by Crippen LogP contribution is -2.78. The van der Waals surface area contributed by atoms with E-state index < -0.39 is 0 Å². The molecule has 0 amide bonds. The fourth-order valence-electron chi connectivity index (χ4n) is 5.51. The Morgan fingerprint density at radius 1 is 1.32 bits per heavy atom. The maximum atomic E-state index is 7.00. The van der Waals surface area contributed by atoms with Gasteiger partial charge < -0.3 is 15.8 Å². The topological polar surface area (TPSA) is 47.3 Å². The van der Waals surface area contributed by atoms with Crippen LogP contribution in [0.15, 0.2) is 18.2 Å². The molecule has 2 heterocycles. The molecule has 1 saturated heterocycles. The third kappa shape index (κ3) is 0.986. The summed E-state index contributed by atoms with van der Waals surface area (Å²) in [5.74, 6) is 1.12. The third-order valence-electron chi connectivity index (χ3n) is 6.22. The average molecular weight is 256 g/mol. The van der Waals surface area contributed by atoms with Gasteiger partial charge in [0.2, 0.25) is 0 Å². The van der Waals surface area contributed by atoms with E-state index in [2.05, 4.69) is 23.5 Å². The lowest BCUT2D eigenvalue weighted by Gasteiger charge is -2.61. The van der Waals surface area contributed by atoms with E-state index >= 15 is 0 Å². The van der Waals surface area contributed by atoms with E-state index in [9.17, 15) is 0 Å². The molecular weight excluding hydrogens is 236 g/mol. The van der Waals surface area contributed by atoms with E-state index in [0.717, 1.165) is 31.6 Å². The van der Waals surface area contributed by atoms with E-state index in [1.54, 1.807) is 0 Å². The fourth-order valence-corrected chi connectivity index (χ4v) is 5.51. The van der Waals surface area contributed by atoms with Crippen molar-refractivity contribution in [2.75, 3.05) is 6.54 Å². The Morgan fingerprint density at radius 3 is 3.21 bits per heavy atom. The van der Waals surface area contributed by atoms with Crippen LogP contribution in [-0.2, 0) is 11.8 Å². The summed E-state index contributed by atoms with van der Waals surface area (Å²) in [6.07, 6.45) is 6.02. The van der Waals surface area contributed by atoms with Crippen molar-refractivity contribution in [3.05, 3.63) is 29.3 Å². The minimum Gasteiger partial charge on any atom is -0.489 e. The molecule has 5 rings (SSSR count). The Bertz CT molecular complexity index is 572. The summed E-state index contributed by atoms with van der Waals surface area (Å²) >= 11 is 0. The van der Waals surface area contributed by atoms with Gasteiger partial charge in [-0.15, -0.1) is 0 Å². The molecule has 3 nitrogen and oxygen atoms in total. The highest BCUT2D eigenvalue weighted by molar-refractivity contribution is 5.57. The summed E-state index contributed by atoms with van der Waals surface area (Å²) in [7, 11) is 0. The van der Waals surface area contributed by atoms with Gasteiger partial charge in [0.05, 0.1) is 5.41 Å². The number of nitrogens with one attached hydrogen (secondary N) is 1. The number of benzene rings is 1. The molecule has 2 bridgehead atoms. The van der Waals surface area contributed by atoms with Gasteiger partial charge in [0, 0.05) is 17.1 Å². The van der Waals surface area contributed by atoms with Gasteiger partial charge in [-0.05, 0) is 50.3 Å². The van der Waals surface area contributed by atoms with Crippen LogP contribution < -0.4 is 15.8 Å². The highest BCUT2D eigenvalue weighted by Crippen LogP contribution is 2.61. The van der Waals surface area contributed by atoms with Crippen molar-refractivity contribution in [3.63, 3.8) is 0 Å². The highest BCUT2D eigenvalue weighted by atomic mass is 16.5. The van der Waals surface area contributed by atoms with Crippen LogP contribution in [0.1, 0.15) is 36.8 Å². The zero-order valence-corrected chi connectivity index (χ0v) is 11.1. The molecule has 1 saturated carbocycles. The van der Waals surface area contributed by atoms with Crippen LogP contribution in [0.2, 0.25) is 0 Å². The van der Waals surface area contributed by atoms with E-state index in [-0.39, 0.29) is 11.0 Å². The molecule has 19 heavy (non-hydrogen) atoms. The van der Waals surface area contributed by atoms with Crippen LogP contribution in [-0.4, -0.2) is 24.2 Å². The summed E-state index contributed by atoms with van der Waals surface area (Å²) in [6.45, 7) is 1.08. The number of piperidine rings is 1. The monoisotopic (exact) mass is 256 g/mol. The third-order valence-corrected chi connectivity index (χ3v) is 6.22. The Kier molecular flexibility index (Phi) is 1.78. The quantitative estimate of drug-likeness (QED) is 0.739. The van der Waals surface area contributed by atoms with Gasteiger partial charge in [-0.2, -0.15) is 0 Å². The van der Waals surface area contributed by atoms with Gasteiger partial charge >= 0.3 is 0 Å². The standard InChI is InChI=1S/C16H20N2O/c17-16-6-2-5-13-15(16)7-8-18-12(16)9-10-3-1-4-11(19-13)14(10)15/h1,3-4,12-13,18H,2,5-9,17H2/t12-,13?,15-,16-/m1/s1. The molecule has 0 radical (unpaired) electrons. The summed E-state index contributed by atoms with van der Waals surface area (Å²) in [6, 6.07) is 6.99. The second-order valence-electron chi connectivity index (χ2n) is 6.76. The lowest BCUT2D eigenvalue weighted by molar-refractivity contribution is -0.0178. The maximum absolute atomic E-state index is 7.00. The zero-order valence-electron chi connectivity index (χ0n) is 11.1. The van der Waals surface area contributed by atoms with Crippen LogP contribution in [0.5, 0.6) is 5.75 Å². The molecule has 3 N–H and O–H groups in total. The van der Waals surface area contributed by atoms with Crippen molar-refractivity contribution in [2.45, 2.75) is 55.2 Å². The zero-order chi connectivity index (χ0) is 12.7. The predicted octanol–water partition coefficient (Wildman–Crippen LogP) is 1.48. The molecule has 1 aromatic rings. The van der Waals surface area contributed by atoms with Crippen LogP contribution >= 0.6 is 0 Å². The van der Waals surface area contributed by atoms with E-state index in [1.807, 2.05) is 0 Å². The van der Waals surface area contributed by atoms with Gasteiger partial charge in [-0.1, -0.05) is 12.1 Å². The number of ether oxygens (including phenoxy) is 1. The van der Waals surface area contributed by atoms with Crippen molar-refractivity contribution in [1.82, 2.24) is 5.32 Å². The van der Waals surface area contributed by atoms with Gasteiger partial charge in [0.1, 0.15) is 11.9 Å². The van der Waals surface area contributed by atoms with Crippen molar-refractivity contribution < 1.29 is 4.74 Å². The molecule has 100 valence electrons. The lowest BCUT2D eigenvalue weighted by atomic mass is 9.48. The number of hydrogen-bond acceptors (Lipinski definition) is 3. The van der Waals surface area contributed by atoms with Crippen LogP contribution in [0.25, 0.3) is 0 Å². The summed E-state index contributed by atoms with van der Waals surface area (Å²) in [5.41, 5.74) is 9.93. The Balaban J connectivity index is 1.87. The summed E-state index contributed by atoms with van der Waals surface area (Å²) in [5, 5.41) is 3.69. The van der Waals surface area contributed by atoms with Crippen molar-refractivity contribution in [1.29, 1.82) is 0 Å². The van der Waals surface area contributed by atoms with Gasteiger partial charge in [-0.3, -0.25) is 0 Å². The molecular formula is C16H20N2O. The molecule has 0 aromatic heterocycles. The smallest absolute Gasteiger partial charge is 0.124 e. The number of hydrogen-bond donors (Lipinski definition) is 2. The number of rotatable bonds is 0. The van der Waals surface area contributed by atoms with Gasteiger partial charge in [0.15, 0.2) is 0 Å². The summed E-state index contributed by atoms with van der Waals surface area (Å²) < 4.78 is 6.34. The molecule has 4 atom stereocenters. The minimum atomic E-state index is -0.103.